The van der Waals surface area contributed by atoms with E-state index in [1.807, 2.05) is 32.0 Å². The lowest BCUT2D eigenvalue weighted by molar-refractivity contribution is 0.769. The molecule has 1 aromatic carbocycles. The molecule has 1 aromatic heterocycles. The zero-order valence-electron chi connectivity index (χ0n) is 11.4. The normalized spacial score (nSPS) is 10.5. The van der Waals surface area contributed by atoms with Crippen molar-refractivity contribution in [2.75, 3.05) is 0 Å². The van der Waals surface area contributed by atoms with Crippen LogP contribution in [0.15, 0.2) is 40.3 Å². The van der Waals surface area contributed by atoms with Crippen molar-refractivity contribution in [3.8, 4) is 6.07 Å². The van der Waals surface area contributed by atoms with Crippen molar-refractivity contribution >= 4 is 11.8 Å². The molecule has 1 N–H and O–H groups in total. The molecule has 5 heteroatoms. The van der Waals surface area contributed by atoms with Gasteiger partial charge in [0.15, 0.2) is 5.16 Å². The third kappa shape index (κ3) is 3.49. The van der Waals surface area contributed by atoms with Crippen LogP contribution in [-0.4, -0.2) is 9.97 Å². The number of rotatable bonds is 4. The summed E-state index contributed by atoms with van der Waals surface area (Å²) in [6, 6.07) is 11.1. The van der Waals surface area contributed by atoms with Crippen LogP contribution in [0.1, 0.15) is 36.6 Å². The van der Waals surface area contributed by atoms with E-state index in [1.54, 1.807) is 6.07 Å². The lowest BCUT2D eigenvalue weighted by Crippen LogP contribution is -2.10. The Hall–Kier alpha value is -2.06. The summed E-state index contributed by atoms with van der Waals surface area (Å²) in [5.41, 5.74) is 2.24. The number of nitrogens with one attached hydrogen (secondary N) is 1. The van der Waals surface area contributed by atoms with E-state index in [4.69, 9.17) is 5.26 Å². The van der Waals surface area contributed by atoms with Gasteiger partial charge in [-0.1, -0.05) is 43.8 Å². The monoisotopic (exact) mass is 285 g/mol. The molecule has 0 saturated carbocycles. The van der Waals surface area contributed by atoms with Crippen molar-refractivity contribution in [2.24, 2.45) is 0 Å². The highest BCUT2D eigenvalue weighted by Crippen LogP contribution is 2.21. The number of hydrogen-bond acceptors (Lipinski definition) is 4. The molecular weight excluding hydrogens is 270 g/mol. The van der Waals surface area contributed by atoms with E-state index in [0.717, 1.165) is 11.3 Å². The molecule has 0 aliphatic heterocycles. The molecule has 0 fully saturated rings. The minimum absolute atomic E-state index is 0.139. The fourth-order valence-corrected chi connectivity index (χ4v) is 2.61. The second-order valence-corrected chi connectivity index (χ2v) is 5.65. The highest BCUT2D eigenvalue weighted by atomic mass is 32.2. The smallest absolute Gasteiger partial charge is 0.251 e. The highest BCUT2D eigenvalue weighted by Gasteiger charge is 2.07. The first-order chi connectivity index (χ1) is 9.60. The predicted molar refractivity (Wildman–Crippen MR) is 79.7 cm³/mol. The number of aromatic nitrogens is 2. The van der Waals surface area contributed by atoms with Gasteiger partial charge in [0.2, 0.25) is 0 Å². The van der Waals surface area contributed by atoms with Crippen LogP contribution in [0.25, 0.3) is 0 Å². The zero-order valence-corrected chi connectivity index (χ0v) is 12.2. The van der Waals surface area contributed by atoms with Crippen molar-refractivity contribution < 1.29 is 0 Å². The summed E-state index contributed by atoms with van der Waals surface area (Å²) in [5, 5.41) is 9.64. The standard InChI is InChI=1S/C15H15N3OS/c1-10(2)13-7-14(19)18-15(17-13)20-9-12-6-4-3-5-11(12)8-16/h3-7,10H,9H2,1-2H3,(H,17,18,19). The summed E-state index contributed by atoms with van der Waals surface area (Å²) >= 11 is 1.43. The molecule has 2 rings (SSSR count). The molecule has 0 radical (unpaired) electrons. The molecule has 0 spiro atoms. The maximum absolute atomic E-state index is 11.6. The highest BCUT2D eigenvalue weighted by molar-refractivity contribution is 7.98. The Morgan fingerprint density at radius 1 is 1.40 bits per heavy atom. The van der Waals surface area contributed by atoms with Crippen LogP contribution in [0, 0.1) is 11.3 Å². The Morgan fingerprint density at radius 3 is 2.85 bits per heavy atom. The summed E-state index contributed by atoms with van der Waals surface area (Å²) in [4.78, 5) is 18.7. The largest absolute Gasteiger partial charge is 0.301 e. The van der Waals surface area contributed by atoms with Gasteiger partial charge in [0.25, 0.3) is 5.56 Å². The molecule has 20 heavy (non-hydrogen) atoms. The number of benzene rings is 1. The van der Waals surface area contributed by atoms with Crippen LogP contribution in [-0.2, 0) is 5.75 Å². The van der Waals surface area contributed by atoms with Crippen LogP contribution < -0.4 is 5.56 Å². The van der Waals surface area contributed by atoms with Gasteiger partial charge in [-0.3, -0.25) is 4.79 Å². The van der Waals surface area contributed by atoms with Gasteiger partial charge in [0.1, 0.15) is 0 Å². The summed E-state index contributed by atoms with van der Waals surface area (Å²) in [6.07, 6.45) is 0. The fourth-order valence-electron chi connectivity index (χ4n) is 1.72. The lowest BCUT2D eigenvalue weighted by Gasteiger charge is -2.07. The van der Waals surface area contributed by atoms with Crippen molar-refractivity contribution in [2.45, 2.75) is 30.7 Å². The zero-order chi connectivity index (χ0) is 14.5. The van der Waals surface area contributed by atoms with Crippen LogP contribution in [0.2, 0.25) is 0 Å². The Kier molecular flexibility index (Phi) is 4.59. The van der Waals surface area contributed by atoms with Gasteiger partial charge in [-0.05, 0) is 17.5 Å². The van der Waals surface area contributed by atoms with Crippen LogP contribution in [0.4, 0.5) is 0 Å². The molecule has 4 nitrogen and oxygen atoms in total. The molecule has 1 heterocycles. The van der Waals surface area contributed by atoms with Gasteiger partial charge in [-0.15, -0.1) is 0 Å². The minimum Gasteiger partial charge on any atom is -0.301 e. The maximum Gasteiger partial charge on any atom is 0.251 e. The van der Waals surface area contributed by atoms with Crippen molar-refractivity contribution in [1.82, 2.24) is 9.97 Å². The predicted octanol–water partition coefficient (Wildman–Crippen LogP) is 3.06. The van der Waals surface area contributed by atoms with E-state index in [0.29, 0.717) is 16.5 Å². The maximum atomic E-state index is 11.6. The molecule has 0 bridgehead atoms. The molecular formula is C15H15N3OS. The molecule has 0 aliphatic rings. The molecule has 0 atom stereocenters. The van der Waals surface area contributed by atoms with Crippen molar-refractivity contribution in [3.05, 3.63) is 57.5 Å². The van der Waals surface area contributed by atoms with E-state index >= 15 is 0 Å². The Morgan fingerprint density at radius 2 is 2.15 bits per heavy atom. The molecule has 102 valence electrons. The molecule has 0 amide bonds. The molecule has 0 unspecified atom stereocenters. The van der Waals surface area contributed by atoms with Crippen LogP contribution >= 0.6 is 11.8 Å². The fraction of sp³-hybridized carbons (Fsp3) is 0.267. The third-order valence-corrected chi connectivity index (χ3v) is 3.76. The van der Waals surface area contributed by atoms with Gasteiger partial charge in [0, 0.05) is 11.8 Å². The van der Waals surface area contributed by atoms with E-state index < -0.39 is 0 Å². The van der Waals surface area contributed by atoms with E-state index in [9.17, 15) is 4.79 Å². The summed E-state index contributed by atoms with van der Waals surface area (Å²) in [7, 11) is 0. The average Bonchev–Trinajstić information content (AvgIpc) is 2.44. The summed E-state index contributed by atoms with van der Waals surface area (Å²) < 4.78 is 0. The first-order valence-corrected chi connectivity index (χ1v) is 7.30. The number of nitrogens with zero attached hydrogens (tertiary/aromatic N) is 2. The number of thioether (sulfide) groups is 1. The van der Waals surface area contributed by atoms with Gasteiger partial charge in [-0.25, -0.2) is 4.98 Å². The van der Waals surface area contributed by atoms with Gasteiger partial charge in [0.05, 0.1) is 17.3 Å². The Bertz CT molecular complexity index is 701. The van der Waals surface area contributed by atoms with Crippen LogP contribution in [0.5, 0.6) is 0 Å². The first kappa shape index (κ1) is 14.4. The second kappa shape index (κ2) is 6.40. The van der Waals surface area contributed by atoms with Gasteiger partial charge < -0.3 is 4.98 Å². The SMILES string of the molecule is CC(C)c1cc(=O)[nH]c(SCc2ccccc2C#N)n1. The average molecular weight is 285 g/mol. The second-order valence-electron chi connectivity index (χ2n) is 4.69. The molecule has 0 aliphatic carbocycles. The first-order valence-electron chi connectivity index (χ1n) is 6.32. The van der Waals surface area contributed by atoms with E-state index in [-0.39, 0.29) is 11.5 Å². The number of nitriles is 1. The minimum atomic E-state index is -0.139. The summed E-state index contributed by atoms with van der Waals surface area (Å²) in [6.45, 7) is 4.00. The van der Waals surface area contributed by atoms with Gasteiger partial charge >= 0.3 is 0 Å². The molecule has 0 saturated heterocycles. The van der Waals surface area contributed by atoms with E-state index in [2.05, 4.69) is 16.0 Å². The van der Waals surface area contributed by atoms with Gasteiger partial charge in [-0.2, -0.15) is 5.26 Å². The van der Waals surface area contributed by atoms with E-state index in [1.165, 1.54) is 17.8 Å². The molecule has 2 aromatic rings. The topological polar surface area (TPSA) is 69.5 Å². The Labute approximate surface area is 121 Å². The lowest BCUT2D eigenvalue weighted by atomic mass is 10.1. The van der Waals surface area contributed by atoms with Crippen LogP contribution in [0.3, 0.4) is 0 Å². The van der Waals surface area contributed by atoms with Crippen molar-refractivity contribution in [1.29, 1.82) is 5.26 Å². The number of hydrogen-bond donors (Lipinski definition) is 1. The number of aromatic amines is 1. The summed E-state index contributed by atoms with van der Waals surface area (Å²) in [5.74, 6) is 0.817. The van der Waals surface area contributed by atoms with Crippen molar-refractivity contribution in [3.63, 3.8) is 0 Å². The third-order valence-electron chi connectivity index (χ3n) is 2.83. The number of H-pyrrole nitrogens is 1. The Balaban J connectivity index is 2.19. The quantitative estimate of drug-likeness (QED) is 0.692.